The molecule has 0 saturated heterocycles. The van der Waals surface area contributed by atoms with Crippen LogP contribution in [-0.4, -0.2) is 64.7 Å². The highest BCUT2D eigenvalue weighted by atomic mass is 31.2. The Kier molecular flexibility index (Phi) is 18.2. The van der Waals surface area contributed by atoms with E-state index < -0.39 is 13.9 Å². The third-order valence-electron chi connectivity index (χ3n) is 6.54. The Bertz CT molecular complexity index is 1440. The van der Waals surface area contributed by atoms with Gasteiger partial charge in [-0.15, -0.1) is 0 Å². The van der Waals surface area contributed by atoms with Gasteiger partial charge in [0.05, 0.1) is 19.3 Å². The summed E-state index contributed by atoms with van der Waals surface area (Å²) in [6, 6.07) is 17.9. The molecule has 254 valence electrons. The van der Waals surface area contributed by atoms with E-state index >= 15 is 0 Å². The molecule has 3 aromatic rings. The van der Waals surface area contributed by atoms with Crippen LogP contribution in [0.5, 0.6) is 0 Å². The molecule has 1 heterocycles. The third kappa shape index (κ3) is 12.7. The van der Waals surface area contributed by atoms with E-state index in [1.54, 1.807) is 41.3 Å². The molecule has 2 amide bonds. The highest BCUT2D eigenvalue weighted by molar-refractivity contribution is 7.46. The molecule has 3 aromatic carbocycles. The van der Waals surface area contributed by atoms with E-state index in [2.05, 4.69) is 5.32 Å². The topological polar surface area (TPSA) is 209 Å². The van der Waals surface area contributed by atoms with Gasteiger partial charge in [-0.25, -0.2) is 4.57 Å². The molecule has 0 radical (unpaired) electrons. The van der Waals surface area contributed by atoms with Crippen LogP contribution >= 0.6 is 7.82 Å². The van der Waals surface area contributed by atoms with E-state index in [1.165, 1.54) is 0 Å². The Labute approximate surface area is 271 Å². The maximum Gasteiger partial charge on any atom is 0.470 e. The number of phosphoric ester groups is 1. The van der Waals surface area contributed by atoms with Gasteiger partial charge in [-0.05, 0) is 75.1 Å². The highest BCUT2D eigenvalue weighted by Gasteiger charge is 2.32. The second-order valence-electron chi connectivity index (χ2n) is 10.1. The summed E-state index contributed by atoms with van der Waals surface area (Å²) < 4.78 is 16.7. The summed E-state index contributed by atoms with van der Waals surface area (Å²) in [5.74, 6) is -0.453. The molecule has 13 heteroatoms. The van der Waals surface area contributed by atoms with E-state index in [0.29, 0.717) is 66.1 Å². The predicted molar refractivity (Wildman–Crippen MR) is 182 cm³/mol. The number of aliphatic hydroxyl groups excluding tert-OH is 2. The molecule has 12 nitrogen and oxygen atoms in total. The molecule has 0 bridgehead atoms. The lowest BCUT2D eigenvalue weighted by molar-refractivity contribution is 0.0984. The number of benzene rings is 3. The maximum absolute atomic E-state index is 13.7. The molecule has 0 saturated carbocycles. The number of nitrogens with one attached hydrogen (secondary N) is 1. The van der Waals surface area contributed by atoms with E-state index in [-0.39, 0.29) is 25.0 Å². The molecular weight excluding hydrogens is 611 g/mol. The molecule has 46 heavy (non-hydrogen) atoms. The number of anilines is 2. The maximum atomic E-state index is 13.7. The van der Waals surface area contributed by atoms with E-state index in [9.17, 15) is 23.9 Å². The lowest BCUT2D eigenvalue weighted by Gasteiger charge is -2.25. The summed E-state index contributed by atoms with van der Waals surface area (Å²) in [5, 5.41) is 18.4. The van der Waals surface area contributed by atoms with Crippen LogP contribution in [0.3, 0.4) is 0 Å². The van der Waals surface area contributed by atoms with Crippen molar-refractivity contribution in [3.63, 3.8) is 0 Å². The van der Waals surface area contributed by atoms with Crippen molar-refractivity contribution in [2.24, 2.45) is 11.5 Å². The van der Waals surface area contributed by atoms with Crippen LogP contribution in [0.15, 0.2) is 60.7 Å². The van der Waals surface area contributed by atoms with Gasteiger partial charge in [-0.3, -0.25) is 14.1 Å². The quantitative estimate of drug-likeness (QED) is 0.178. The minimum Gasteiger partial charge on any atom is -0.395 e. The SMILES string of the molecule is CC.Cc1ccc2c(c1)C(OP(=O)(O)O)CCCN2C(=O)c1ccc(NC(=O)c2ccccc2C)cc1C.NCCO.NCCO. The van der Waals surface area contributed by atoms with Crippen LogP contribution in [0.1, 0.15) is 75.8 Å². The summed E-state index contributed by atoms with van der Waals surface area (Å²) in [6.07, 6.45) is 0.0562. The first-order valence-corrected chi connectivity index (χ1v) is 16.7. The van der Waals surface area contributed by atoms with Gasteiger partial charge in [-0.2, -0.15) is 0 Å². The fraction of sp³-hybridized carbons (Fsp3) is 0.394. The van der Waals surface area contributed by atoms with Gasteiger partial charge in [-0.1, -0.05) is 49.7 Å². The lowest BCUT2D eigenvalue weighted by atomic mass is 10.0. The Morgan fingerprint density at radius 2 is 1.52 bits per heavy atom. The van der Waals surface area contributed by atoms with Crippen molar-refractivity contribution >= 4 is 31.0 Å². The number of nitrogens with two attached hydrogens (primary N) is 2. The zero-order valence-electron chi connectivity index (χ0n) is 27.3. The number of nitrogens with zero attached hydrogens (tertiary/aromatic N) is 1. The van der Waals surface area contributed by atoms with Gasteiger partial charge in [0.25, 0.3) is 11.8 Å². The fourth-order valence-electron chi connectivity index (χ4n) is 4.53. The number of phosphoric acid groups is 1. The summed E-state index contributed by atoms with van der Waals surface area (Å²) >= 11 is 0. The van der Waals surface area contributed by atoms with Crippen LogP contribution < -0.4 is 21.7 Å². The standard InChI is InChI=1S/C27H29N2O6P.2C2H7NO.C2H6/c1-17-10-13-24-23(15-17)25(35-36(32,33)34)9-6-14-29(24)27(31)22-12-11-20(16-19(22)3)28-26(30)21-8-5-4-7-18(21)2;2*3-1-2-4;1-2/h4-5,7-8,10-13,15-16,25H,6,9,14H2,1-3H3,(H,28,30)(H2,32,33,34);2*4H,1-3H2;1-2H3. The Balaban J connectivity index is 0.000000935. The molecule has 0 fully saturated rings. The molecule has 4 rings (SSSR count). The average molecular weight is 661 g/mol. The Morgan fingerprint density at radius 1 is 0.913 bits per heavy atom. The third-order valence-corrected chi connectivity index (χ3v) is 7.07. The van der Waals surface area contributed by atoms with Gasteiger partial charge in [0.1, 0.15) is 0 Å². The van der Waals surface area contributed by atoms with E-state index in [0.717, 1.165) is 11.1 Å². The number of hydrogen-bond acceptors (Lipinski definition) is 8. The van der Waals surface area contributed by atoms with Crippen molar-refractivity contribution in [1.29, 1.82) is 0 Å². The van der Waals surface area contributed by atoms with E-state index in [4.69, 9.17) is 26.2 Å². The van der Waals surface area contributed by atoms with Gasteiger partial charge in [0, 0.05) is 47.7 Å². The highest BCUT2D eigenvalue weighted by Crippen LogP contribution is 2.47. The van der Waals surface area contributed by atoms with Crippen LogP contribution in [-0.2, 0) is 9.09 Å². The second-order valence-corrected chi connectivity index (χ2v) is 11.3. The molecule has 0 spiro atoms. The predicted octanol–water partition coefficient (Wildman–Crippen LogP) is 4.36. The number of aliphatic hydroxyl groups is 2. The monoisotopic (exact) mass is 660 g/mol. The van der Waals surface area contributed by atoms with Crippen LogP contribution in [0.25, 0.3) is 0 Å². The van der Waals surface area contributed by atoms with Crippen molar-refractivity contribution in [2.45, 2.75) is 53.6 Å². The first kappa shape index (κ1) is 40.6. The number of carbonyl (C=O) groups excluding carboxylic acids is 2. The summed E-state index contributed by atoms with van der Waals surface area (Å²) in [4.78, 5) is 46.8. The van der Waals surface area contributed by atoms with Gasteiger partial charge >= 0.3 is 7.82 Å². The molecule has 1 unspecified atom stereocenters. The first-order chi connectivity index (χ1) is 21.9. The molecule has 0 aromatic heterocycles. The number of carbonyl (C=O) groups is 2. The summed E-state index contributed by atoms with van der Waals surface area (Å²) in [6.45, 7) is 10.9. The first-order valence-electron chi connectivity index (χ1n) is 15.1. The number of rotatable bonds is 7. The summed E-state index contributed by atoms with van der Waals surface area (Å²) in [5.41, 5.74) is 14.8. The molecule has 0 aliphatic carbocycles. The van der Waals surface area contributed by atoms with Gasteiger partial charge in [0.15, 0.2) is 0 Å². The number of fused-ring (bicyclic) bond motifs is 1. The van der Waals surface area contributed by atoms with Crippen molar-refractivity contribution in [3.05, 3.63) is 94.0 Å². The van der Waals surface area contributed by atoms with Crippen LogP contribution in [0.4, 0.5) is 11.4 Å². The zero-order valence-corrected chi connectivity index (χ0v) is 28.2. The number of aryl methyl sites for hydroxylation is 3. The number of hydrogen-bond donors (Lipinski definition) is 7. The molecule has 1 aliphatic rings. The zero-order chi connectivity index (χ0) is 34.9. The van der Waals surface area contributed by atoms with Gasteiger partial charge < -0.3 is 41.7 Å². The number of amides is 2. The normalized spacial score (nSPS) is 13.7. The average Bonchev–Trinajstić information content (AvgIpc) is 3.20. The molecule has 1 atom stereocenters. The Morgan fingerprint density at radius 3 is 2.07 bits per heavy atom. The molecule has 1 aliphatic heterocycles. The molecular formula is C33H49N4O8P. The minimum absolute atomic E-state index is 0.0972. The van der Waals surface area contributed by atoms with Gasteiger partial charge in [0.2, 0.25) is 0 Å². The Hall–Kier alpha value is -3.45. The van der Waals surface area contributed by atoms with Crippen molar-refractivity contribution in [2.75, 3.05) is 43.1 Å². The second kappa shape index (κ2) is 20.6. The fourth-order valence-corrected chi connectivity index (χ4v) is 5.08. The lowest BCUT2D eigenvalue weighted by Crippen LogP contribution is -2.32. The minimum atomic E-state index is -4.71. The van der Waals surface area contributed by atoms with Crippen LogP contribution in [0.2, 0.25) is 0 Å². The van der Waals surface area contributed by atoms with Crippen molar-refractivity contribution < 1.29 is 38.7 Å². The van der Waals surface area contributed by atoms with Crippen LogP contribution in [0, 0.1) is 20.8 Å². The van der Waals surface area contributed by atoms with E-state index in [1.807, 2.05) is 58.9 Å². The largest absolute Gasteiger partial charge is 0.470 e. The molecule has 9 N–H and O–H groups in total. The van der Waals surface area contributed by atoms with Crippen molar-refractivity contribution in [1.82, 2.24) is 0 Å². The summed E-state index contributed by atoms with van der Waals surface area (Å²) in [7, 11) is -4.71. The smallest absolute Gasteiger partial charge is 0.395 e. The van der Waals surface area contributed by atoms with Crippen molar-refractivity contribution in [3.8, 4) is 0 Å².